The molecule has 3 N–H and O–H groups in total. The Bertz CT molecular complexity index is 553. The van der Waals surface area contributed by atoms with Crippen molar-refractivity contribution in [3.63, 3.8) is 0 Å². The second-order valence-electron chi connectivity index (χ2n) is 5.23. The second kappa shape index (κ2) is 6.61. The summed E-state index contributed by atoms with van der Waals surface area (Å²) in [6.45, 7) is 0.476. The van der Waals surface area contributed by atoms with Gasteiger partial charge in [-0.25, -0.2) is 5.43 Å². The molecular weight excluding hydrogens is 264 g/mol. The van der Waals surface area contributed by atoms with Crippen LogP contribution in [0.2, 0.25) is 0 Å². The minimum absolute atomic E-state index is 0.0554. The summed E-state index contributed by atoms with van der Waals surface area (Å²) in [6.07, 6.45) is 2.75. The van der Waals surface area contributed by atoms with E-state index in [2.05, 4.69) is 5.43 Å². The Morgan fingerprint density at radius 3 is 2.33 bits per heavy atom. The predicted octanol–water partition coefficient (Wildman–Crippen LogP) is 2.81. The third-order valence-corrected chi connectivity index (χ3v) is 3.47. The topological polar surface area (TPSA) is 56.5 Å². The predicted molar refractivity (Wildman–Crippen MR) is 82.1 cm³/mol. The van der Waals surface area contributed by atoms with Crippen LogP contribution in [0.3, 0.4) is 0 Å². The molecule has 1 unspecified atom stereocenters. The van der Waals surface area contributed by atoms with Crippen LogP contribution >= 0.6 is 0 Å². The van der Waals surface area contributed by atoms with Gasteiger partial charge in [0.15, 0.2) is 0 Å². The van der Waals surface area contributed by atoms with Gasteiger partial charge in [0.2, 0.25) is 0 Å². The monoisotopic (exact) mass is 284 g/mol. The summed E-state index contributed by atoms with van der Waals surface area (Å²) in [6, 6.07) is 17.7. The zero-order valence-corrected chi connectivity index (χ0v) is 11.9. The fourth-order valence-electron chi connectivity index (χ4n) is 2.09. The largest absolute Gasteiger partial charge is 0.492 e. The van der Waals surface area contributed by atoms with Gasteiger partial charge in [-0.15, -0.1) is 0 Å². The Hall–Kier alpha value is -2.04. The van der Waals surface area contributed by atoms with Crippen LogP contribution in [-0.4, -0.2) is 12.7 Å². The highest BCUT2D eigenvalue weighted by atomic mass is 16.5. The standard InChI is InChI=1S/C17H20N2O2/c18-19-17(12-20-14-4-2-1-3-5-14)13-6-8-15(9-7-13)21-16-10-11-16/h1-9,16-17,19H,10-12,18H2. The van der Waals surface area contributed by atoms with Crippen LogP contribution in [0.5, 0.6) is 11.5 Å². The molecule has 0 aromatic heterocycles. The Morgan fingerprint density at radius 1 is 1.00 bits per heavy atom. The molecule has 2 aromatic carbocycles. The second-order valence-corrected chi connectivity index (χ2v) is 5.23. The average molecular weight is 284 g/mol. The van der Waals surface area contributed by atoms with Gasteiger partial charge in [-0.05, 0) is 42.7 Å². The molecule has 110 valence electrons. The maximum atomic E-state index is 5.74. The van der Waals surface area contributed by atoms with E-state index < -0.39 is 0 Å². The summed E-state index contributed by atoms with van der Waals surface area (Å²) >= 11 is 0. The van der Waals surface area contributed by atoms with Crippen molar-refractivity contribution in [2.75, 3.05) is 6.61 Å². The molecule has 1 saturated carbocycles. The first-order chi connectivity index (χ1) is 10.3. The van der Waals surface area contributed by atoms with Crippen molar-refractivity contribution in [2.24, 2.45) is 5.84 Å². The molecule has 1 aliphatic rings. The van der Waals surface area contributed by atoms with Gasteiger partial charge < -0.3 is 9.47 Å². The number of para-hydroxylation sites is 1. The van der Waals surface area contributed by atoms with Crippen LogP contribution in [0.4, 0.5) is 0 Å². The molecule has 0 heterocycles. The highest BCUT2D eigenvalue weighted by Gasteiger charge is 2.23. The van der Waals surface area contributed by atoms with Crippen molar-refractivity contribution in [2.45, 2.75) is 25.0 Å². The summed E-state index contributed by atoms with van der Waals surface area (Å²) in [5.74, 6) is 7.39. The van der Waals surface area contributed by atoms with Gasteiger partial charge in [0.05, 0.1) is 12.1 Å². The van der Waals surface area contributed by atoms with Crippen LogP contribution in [-0.2, 0) is 0 Å². The Balaban J connectivity index is 1.59. The minimum atomic E-state index is -0.0554. The van der Waals surface area contributed by atoms with Crippen LogP contribution in [0.1, 0.15) is 24.4 Å². The summed E-state index contributed by atoms with van der Waals surface area (Å²) in [5, 5.41) is 0. The van der Waals surface area contributed by atoms with Crippen LogP contribution in [0, 0.1) is 0 Å². The lowest BCUT2D eigenvalue weighted by molar-refractivity contribution is 0.267. The van der Waals surface area contributed by atoms with Gasteiger partial charge in [0.1, 0.15) is 18.1 Å². The van der Waals surface area contributed by atoms with E-state index in [0.29, 0.717) is 12.7 Å². The van der Waals surface area contributed by atoms with E-state index in [9.17, 15) is 0 Å². The van der Waals surface area contributed by atoms with Gasteiger partial charge >= 0.3 is 0 Å². The number of benzene rings is 2. The molecule has 0 radical (unpaired) electrons. The van der Waals surface area contributed by atoms with Crippen molar-refractivity contribution < 1.29 is 9.47 Å². The van der Waals surface area contributed by atoms with E-state index in [1.54, 1.807) is 0 Å². The molecule has 1 fully saturated rings. The first-order valence-electron chi connectivity index (χ1n) is 7.26. The minimum Gasteiger partial charge on any atom is -0.492 e. The van der Waals surface area contributed by atoms with Gasteiger partial charge in [-0.1, -0.05) is 30.3 Å². The molecule has 0 aliphatic heterocycles. The maximum absolute atomic E-state index is 5.74. The maximum Gasteiger partial charge on any atom is 0.119 e. The molecule has 1 atom stereocenters. The lowest BCUT2D eigenvalue weighted by Crippen LogP contribution is -2.32. The molecule has 21 heavy (non-hydrogen) atoms. The Labute approximate surface area is 124 Å². The lowest BCUT2D eigenvalue weighted by atomic mass is 10.1. The third-order valence-electron chi connectivity index (χ3n) is 3.47. The Kier molecular flexibility index (Phi) is 4.38. The average Bonchev–Trinajstić information content (AvgIpc) is 3.34. The normalized spacial score (nSPS) is 15.5. The summed E-state index contributed by atoms with van der Waals surface area (Å²) in [7, 11) is 0. The number of hydrogen-bond donors (Lipinski definition) is 2. The van der Waals surface area contributed by atoms with Crippen molar-refractivity contribution in [1.82, 2.24) is 5.43 Å². The van der Waals surface area contributed by atoms with Crippen molar-refractivity contribution in [3.05, 3.63) is 60.2 Å². The van der Waals surface area contributed by atoms with Gasteiger partial charge in [0, 0.05) is 0 Å². The fourth-order valence-corrected chi connectivity index (χ4v) is 2.09. The van der Waals surface area contributed by atoms with Gasteiger partial charge in [-0.2, -0.15) is 0 Å². The summed E-state index contributed by atoms with van der Waals surface area (Å²) in [5.41, 5.74) is 3.88. The summed E-state index contributed by atoms with van der Waals surface area (Å²) in [4.78, 5) is 0. The highest BCUT2D eigenvalue weighted by molar-refractivity contribution is 5.30. The van der Waals surface area contributed by atoms with E-state index >= 15 is 0 Å². The Morgan fingerprint density at radius 2 is 1.71 bits per heavy atom. The van der Waals surface area contributed by atoms with Gasteiger partial charge in [-0.3, -0.25) is 5.84 Å². The molecule has 0 bridgehead atoms. The number of nitrogens with one attached hydrogen (secondary N) is 1. The molecule has 0 amide bonds. The zero-order chi connectivity index (χ0) is 14.5. The number of nitrogens with two attached hydrogens (primary N) is 1. The highest BCUT2D eigenvalue weighted by Crippen LogP contribution is 2.27. The molecule has 0 spiro atoms. The number of ether oxygens (including phenoxy) is 2. The molecule has 4 heteroatoms. The lowest BCUT2D eigenvalue weighted by Gasteiger charge is -2.17. The van der Waals surface area contributed by atoms with Crippen LogP contribution < -0.4 is 20.7 Å². The van der Waals surface area contributed by atoms with Gasteiger partial charge in [0.25, 0.3) is 0 Å². The SMILES string of the molecule is NNC(COc1ccccc1)c1ccc(OC2CC2)cc1. The fraction of sp³-hybridized carbons (Fsp3) is 0.294. The van der Waals surface area contributed by atoms with E-state index in [0.717, 1.165) is 17.1 Å². The van der Waals surface area contributed by atoms with Crippen molar-refractivity contribution in [1.29, 1.82) is 0 Å². The van der Waals surface area contributed by atoms with Crippen LogP contribution in [0.25, 0.3) is 0 Å². The number of hydrazine groups is 1. The van der Waals surface area contributed by atoms with E-state index in [1.165, 1.54) is 12.8 Å². The molecule has 3 rings (SSSR count). The molecule has 4 nitrogen and oxygen atoms in total. The first-order valence-corrected chi connectivity index (χ1v) is 7.26. The zero-order valence-electron chi connectivity index (χ0n) is 11.9. The smallest absolute Gasteiger partial charge is 0.119 e. The third kappa shape index (κ3) is 3.97. The number of rotatable bonds is 7. The van der Waals surface area contributed by atoms with E-state index in [-0.39, 0.29) is 6.04 Å². The quantitative estimate of drug-likeness (QED) is 0.606. The molecule has 2 aromatic rings. The first kappa shape index (κ1) is 13.9. The summed E-state index contributed by atoms with van der Waals surface area (Å²) < 4.78 is 11.5. The number of hydrogen-bond acceptors (Lipinski definition) is 4. The molecule has 0 saturated heterocycles. The van der Waals surface area contributed by atoms with E-state index in [4.69, 9.17) is 15.3 Å². The molecule has 1 aliphatic carbocycles. The van der Waals surface area contributed by atoms with Crippen LogP contribution in [0.15, 0.2) is 54.6 Å². The van der Waals surface area contributed by atoms with E-state index in [1.807, 2.05) is 54.6 Å². The van der Waals surface area contributed by atoms with Crippen molar-refractivity contribution in [3.8, 4) is 11.5 Å². The van der Waals surface area contributed by atoms with Crippen molar-refractivity contribution >= 4 is 0 Å². The molecular formula is C17H20N2O2.